The summed E-state index contributed by atoms with van der Waals surface area (Å²) in [4.78, 5) is 31.0. The highest BCUT2D eigenvalue weighted by atomic mass is 35.5. The standard InChI is InChI=1S/C27H28ClN3O4S/c1-3-12-30(27(33)29-20-7-4-6-19(28)15-20)17-26(32)31-13-10-25-23(11-14-36-25)24(31)18-35-22-9-5-8-21(16-22)34-2/h3-9,11,14-16,24H,1,10,12-13,17-18H2,2H3,(H,29,33). The van der Waals surface area contributed by atoms with Gasteiger partial charge in [-0.25, -0.2) is 4.79 Å². The zero-order chi connectivity index (χ0) is 25.5. The van der Waals surface area contributed by atoms with E-state index < -0.39 is 6.03 Å². The van der Waals surface area contributed by atoms with Gasteiger partial charge in [0.25, 0.3) is 0 Å². The molecular weight excluding hydrogens is 498 g/mol. The van der Waals surface area contributed by atoms with E-state index in [1.807, 2.05) is 35.7 Å². The third kappa shape index (κ3) is 6.19. The molecule has 1 N–H and O–H groups in total. The third-order valence-electron chi connectivity index (χ3n) is 5.90. The smallest absolute Gasteiger partial charge is 0.322 e. The summed E-state index contributed by atoms with van der Waals surface area (Å²) in [6, 6.07) is 15.6. The number of fused-ring (bicyclic) bond motifs is 1. The SMILES string of the molecule is C=CCN(CC(=O)N1CCc2sccc2C1COc1cccc(OC)c1)C(=O)Nc1cccc(Cl)c1. The van der Waals surface area contributed by atoms with E-state index in [2.05, 4.69) is 11.9 Å². The Labute approximate surface area is 219 Å². The van der Waals surface area contributed by atoms with Gasteiger partial charge in [-0.2, -0.15) is 0 Å². The number of methoxy groups -OCH3 is 1. The summed E-state index contributed by atoms with van der Waals surface area (Å²) < 4.78 is 11.4. The molecule has 1 atom stereocenters. The van der Waals surface area contributed by atoms with Crippen molar-refractivity contribution in [2.24, 2.45) is 0 Å². The number of carbonyl (C=O) groups excluding carboxylic acids is 2. The summed E-state index contributed by atoms with van der Waals surface area (Å²) in [5.74, 6) is 1.21. The van der Waals surface area contributed by atoms with Crippen molar-refractivity contribution in [3.63, 3.8) is 0 Å². The van der Waals surface area contributed by atoms with Crippen molar-refractivity contribution >= 4 is 40.6 Å². The van der Waals surface area contributed by atoms with Crippen LogP contribution in [0.15, 0.2) is 72.6 Å². The number of hydrogen-bond acceptors (Lipinski definition) is 5. The molecule has 9 heteroatoms. The Kier molecular flexibility index (Phi) is 8.51. The van der Waals surface area contributed by atoms with Gasteiger partial charge in [0.15, 0.2) is 0 Å². The molecule has 36 heavy (non-hydrogen) atoms. The quantitative estimate of drug-likeness (QED) is 0.367. The van der Waals surface area contributed by atoms with Gasteiger partial charge in [-0.05, 0) is 53.8 Å². The second-order valence-corrected chi connectivity index (χ2v) is 9.69. The van der Waals surface area contributed by atoms with Gasteiger partial charge in [0.2, 0.25) is 5.91 Å². The van der Waals surface area contributed by atoms with Crippen molar-refractivity contribution in [1.82, 2.24) is 9.80 Å². The third-order valence-corrected chi connectivity index (χ3v) is 7.13. The van der Waals surface area contributed by atoms with Crippen LogP contribution < -0.4 is 14.8 Å². The van der Waals surface area contributed by atoms with Crippen LogP contribution in [0.25, 0.3) is 0 Å². The van der Waals surface area contributed by atoms with E-state index >= 15 is 0 Å². The normalized spacial score (nSPS) is 14.5. The number of benzene rings is 2. The van der Waals surface area contributed by atoms with Crippen LogP contribution in [0.4, 0.5) is 10.5 Å². The Morgan fingerprint density at radius 1 is 1.22 bits per heavy atom. The molecule has 3 amide bonds. The molecule has 3 aromatic rings. The van der Waals surface area contributed by atoms with Gasteiger partial charge in [-0.1, -0.05) is 29.8 Å². The van der Waals surface area contributed by atoms with E-state index in [0.717, 1.165) is 12.0 Å². The van der Waals surface area contributed by atoms with E-state index in [4.69, 9.17) is 21.1 Å². The van der Waals surface area contributed by atoms with Crippen LogP contribution in [-0.4, -0.2) is 55.1 Å². The predicted molar refractivity (Wildman–Crippen MR) is 143 cm³/mol. The lowest BCUT2D eigenvalue weighted by molar-refractivity contribution is -0.135. The van der Waals surface area contributed by atoms with Crippen molar-refractivity contribution < 1.29 is 19.1 Å². The van der Waals surface area contributed by atoms with Gasteiger partial charge in [0.1, 0.15) is 24.7 Å². The number of ether oxygens (including phenoxy) is 2. The average Bonchev–Trinajstić information content (AvgIpc) is 3.36. The number of urea groups is 1. The highest BCUT2D eigenvalue weighted by Gasteiger charge is 2.33. The first kappa shape index (κ1) is 25.6. The molecule has 0 aliphatic carbocycles. The van der Waals surface area contributed by atoms with Crippen molar-refractivity contribution in [1.29, 1.82) is 0 Å². The fourth-order valence-electron chi connectivity index (χ4n) is 4.14. The molecule has 1 aromatic heterocycles. The molecule has 2 aromatic carbocycles. The fourth-order valence-corrected chi connectivity index (χ4v) is 5.26. The first-order valence-electron chi connectivity index (χ1n) is 11.5. The fraction of sp³-hybridized carbons (Fsp3) is 0.259. The highest BCUT2D eigenvalue weighted by Crippen LogP contribution is 2.34. The van der Waals surface area contributed by atoms with Crippen molar-refractivity contribution in [3.8, 4) is 11.5 Å². The monoisotopic (exact) mass is 525 g/mol. The Hall–Kier alpha value is -3.49. The number of halogens is 1. The molecule has 0 saturated carbocycles. The van der Waals surface area contributed by atoms with Gasteiger partial charge in [0.05, 0.1) is 13.2 Å². The number of hydrogen-bond donors (Lipinski definition) is 1. The van der Waals surface area contributed by atoms with E-state index in [9.17, 15) is 9.59 Å². The lowest BCUT2D eigenvalue weighted by atomic mass is 10.0. The van der Waals surface area contributed by atoms with Crippen LogP contribution in [0, 0.1) is 0 Å². The lowest BCUT2D eigenvalue weighted by Gasteiger charge is -2.37. The molecule has 1 aliphatic heterocycles. The Bertz CT molecular complexity index is 1230. The second kappa shape index (κ2) is 12.0. The number of thiophene rings is 1. The Balaban J connectivity index is 1.48. The molecular formula is C27H28ClN3O4S. The topological polar surface area (TPSA) is 71.1 Å². The van der Waals surface area contributed by atoms with Crippen molar-refractivity contribution in [2.75, 3.05) is 38.7 Å². The van der Waals surface area contributed by atoms with Gasteiger partial charge in [0, 0.05) is 34.7 Å². The summed E-state index contributed by atoms with van der Waals surface area (Å²) in [5.41, 5.74) is 1.64. The van der Waals surface area contributed by atoms with E-state index in [1.165, 1.54) is 9.78 Å². The summed E-state index contributed by atoms with van der Waals surface area (Å²) in [5, 5.41) is 5.36. The van der Waals surface area contributed by atoms with Gasteiger partial charge >= 0.3 is 6.03 Å². The zero-order valence-corrected chi connectivity index (χ0v) is 21.6. The van der Waals surface area contributed by atoms with E-state index in [-0.39, 0.29) is 25.0 Å². The minimum atomic E-state index is -0.400. The van der Waals surface area contributed by atoms with Crippen LogP contribution in [0.5, 0.6) is 11.5 Å². The zero-order valence-electron chi connectivity index (χ0n) is 20.0. The Morgan fingerprint density at radius 3 is 2.81 bits per heavy atom. The number of nitrogens with one attached hydrogen (secondary N) is 1. The number of anilines is 1. The molecule has 7 nitrogen and oxygen atoms in total. The molecule has 188 valence electrons. The number of carbonyl (C=O) groups is 2. The second-order valence-electron chi connectivity index (χ2n) is 8.25. The largest absolute Gasteiger partial charge is 0.497 e. The molecule has 1 aliphatic rings. The maximum Gasteiger partial charge on any atom is 0.322 e. The molecule has 0 fully saturated rings. The molecule has 2 heterocycles. The Morgan fingerprint density at radius 2 is 2.03 bits per heavy atom. The average molecular weight is 526 g/mol. The van der Waals surface area contributed by atoms with Crippen LogP contribution in [0.3, 0.4) is 0 Å². The maximum atomic E-state index is 13.5. The van der Waals surface area contributed by atoms with Gasteiger partial charge in [-0.3, -0.25) is 4.79 Å². The highest BCUT2D eigenvalue weighted by molar-refractivity contribution is 7.10. The first-order valence-corrected chi connectivity index (χ1v) is 12.8. The first-order chi connectivity index (χ1) is 17.5. The molecule has 0 radical (unpaired) electrons. The molecule has 4 rings (SSSR count). The molecule has 0 bridgehead atoms. The van der Waals surface area contributed by atoms with Gasteiger partial charge in [-0.15, -0.1) is 17.9 Å². The van der Waals surface area contributed by atoms with Crippen LogP contribution in [0.2, 0.25) is 5.02 Å². The van der Waals surface area contributed by atoms with Gasteiger partial charge < -0.3 is 24.6 Å². The van der Waals surface area contributed by atoms with Crippen molar-refractivity contribution in [2.45, 2.75) is 12.5 Å². The van der Waals surface area contributed by atoms with E-state index in [0.29, 0.717) is 35.4 Å². The summed E-state index contributed by atoms with van der Waals surface area (Å²) in [7, 11) is 1.61. The lowest BCUT2D eigenvalue weighted by Crippen LogP contribution is -2.48. The van der Waals surface area contributed by atoms with Crippen molar-refractivity contribution in [3.05, 3.63) is 88.1 Å². The number of rotatable bonds is 9. The minimum absolute atomic E-state index is 0.0897. The molecule has 0 saturated heterocycles. The van der Waals surface area contributed by atoms with E-state index in [1.54, 1.807) is 53.7 Å². The molecule has 0 spiro atoms. The minimum Gasteiger partial charge on any atom is -0.497 e. The van der Waals surface area contributed by atoms with Crippen LogP contribution in [-0.2, 0) is 11.2 Å². The summed E-state index contributed by atoms with van der Waals surface area (Å²) >= 11 is 7.72. The maximum absolute atomic E-state index is 13.5. The number of amides is 3. The summed E-state index contributed by atoms with van der Waals surface area (Å²) in [6.45, 7) is 4.72. The number of nitrogens with zero attached hydrogens (tertiary/aromatic N) is 2. The summed E-state index contributed by atoms with van der Waals surface area (Å²) in [6.07, 6.45) is 2.37. The van der Waals surface area contributed by atoms with Crippen LogP contribution in [0.1, 0.15) is 16.5 Å². The molecule has 1 unspecified atom stereocenters. The predicted octanol–water partition coefficient (Wildman–Crippen LogP) is 5.64. The van der Waals surface area contributed by atoms with Crippen LogP contribution >= 0.6 is 22.9 Å².